The number of nitrogens with zero attached hydrogens (tertiary/aromatic N) is 2. The first-order valence-corrected chi connectivity index (χ1v) is 5.40. The maximum absolute atomic E-state index is 5.66. The lowest BCUT2D eigenvalue weighted by molar-refractivity contribution is 1.15. The van der Waals surface area contributed by atoms with Gasteiger partial charge >= 0.3 is 0 Å². The fourth-order valence-corrected chi connectivity index (χ4v) is 1.40. The van der Waals surface area contributed by atoms with Crippen LogP contribution in [0.1, 0.15) is 11.3 Å². The first kappa shape index (κ1) is 10.7. The van der Waals surface area contributed by atoms with Gasteiger partial charge < -0.3 is 5.73 Å². The second kappa shape index (κ2) is 4.77. The maximum atomic E-state index is 5.66. The van der Waals surface area contributed by atoms with Crippen molar-refractivity contribution >= 4 is 21.7 Å². The summed E-state index contributed by atoms with van der Waals surface area (Å²) in [7, 11) is 0. The summed E-state index contributed by atoms with van der Waals surface area (Å²) < 4.78 is 0.624. The quantitative estimate of drug-likeness (QED) is 0.749. The molecular weight excluding hydrogens is 266 g/mol. The largest absolute Gasteiger partial charge is 0.381 e. The first-order valence-electron chi connectivity index (χ1n) is 4.61. The van der Waals surface area contributed by atoms with Crippen LogP contribution in [-0.4, -0.2) is 9.97 Å². The number of nitrogen functional groups attached to an aromatic ring is 1. The Morgan fingerprint density at radius 1 is 1.12 bits per heavy atom. The number of hydrogen-bond acceptors (Lipinski definition) is 3. The SMILES string of the molecule is Nc1ncc(Br)nc1C#Cc1ccccc1. The van der Waals surface area contributed by atoms with E-state index in [1.807, 2.05) is 30.3 Å². The molecule has 0 bridgehead atoms. The minimum atomic E-state index is 0.339. The summed E-state index contributed by atoms with van der Waals surface area (Å²) in [6.07, 6.45) is 1.54. The summed E-state index contributed by atoms with van der Waals surface area (Å²) in [4.78, 5) is 8.10. The van der Waals surface area contributed by atoms with Gasteiger partial charge in [0, 0.05) is 5.56 Å². The molecule has 78 valence electrons. The molecule has 0 aliphatic rings. The molecule has 0 saturated carbocycles. The molecule has 0 radical (unpaired) electrons. The highest BCUT2D eigenvalue weighted by molar-refractivity contribution is 9.10. The highest BCUT2D eigenvalue weighted by Crippen LogP contribution is 2.09. The average molecular weight is 274 g/mol. The van der Waals surface area contributed by atoms with E-state index < -0.39 is 0 Å². The minimum Gasteiger partial charge on any atom is -0.381 e. The Hall–Kier alpha value is -1.86. The Balaban J connectivity index is 2.34. The number of hydrogen-bond donors (Lipinski definition) is 1. The lowest BCUT2D eigenvalue weighted by atomic mass is 10.2. The molecular formula is C12H8BrN3. The van der Waals surface area contributed by atoms with Gasteiger partial charge in [-0.15, -0.1) is 0 Å². The molecule has 0 spiro atoms. The normalized spacial score (nSPS) is 9.31. The van der Waals surface area contributed by atoms with Crippen molar-refractivity contribution in [2.75, 3.05) is 5.73 Å². The Labute approximate surface area is 102 Å². The summed E-state index contributed by atoms with van der Waals surface area (Å²) in [5, 5.41) is 0. The minimum absolute atomic E-state index is 0.339. The van der Waals surface area contributed by atoms with Gasteiger partial charge in [0.1, 0.15) is 4.60 Å². The van der Waals surface area contributed by atoms with Gasteiger partial charge in [0.25, 0.3) is 0 Å². The van der Waals surface area contributed by atoms with E-state index in [4.69, 9.17) is 5.73 Å². The van der Waals surface area contributed by atoms with Crippen molar-refractivity contribution in [2.45, 2.75) is 0 Å². The molecule has 16 heavy (non-hydrogen) atoms. The van der Waals surface area contributed by atoms with Crippen molar-refractivity contribution in [3.63, 3.8) is 0 Å². The van der Waals surface area contributed by atoms with Gasteiger partial charge in [-0.05, 0) is 34.0 Å². The summed E-state index contributed by atoms with van der Waals surface area (Å²) in [6.45, 7) is 0. The van der Waals surface area contributed by atoms with Crippen LogP contribution in [0, 0.1) is 11.8 Å². The Bertz CT molecular complexity index is 555. The first-order chi connectivity index (χ1) is 7.75. The molecule has 0 saturated heterocycles. The van der Waals surface area contributed by atoms with Gasteiger partial charge in [-0.2, -0.15) is 0 Å². The van der Waals surface area contributed by atoms with E-state index in [9.17, 15) is 0 Å². The number of aromatic nitrogens is 2. The van der Waals surface area contributed by atoms with Crippen molar-refractivity contribution in [3.05, 3.63) is 52.4 Å². The summed E-state index contributed by atoms with van der Waals surface area (Å²) >= 11 is 3.23. The van der Waals surface area contributed by atoms with Crippen LogP contribution < -0.4 is 5.73 Å². The number of anilines is 1. The standard InChI is InChI=1S/C12H8BrN3/c13-11-8-15-12(14)10(16-11)7-6-9-4-2-1-3-5-9/h1-5,8H,(H2,14,15). The predicted molar refractivity (Wildman–Crippen MR) is 66.6 cm³/mol. The second-order valence-electron chi connectivity index (χ2n) is 3.04. The van der Waals surface area contributed by atoms with Crippen molar-refractivity contribution in [3.8, 4) is 11.8 Å². The number of nitrogens with two attached hydrogens (primary N) is 1. The maximum Gasteiger partial charge on any atom is 0.158 e. The van der Waals surface area contributed by atoms with Gasteiger partial charge in [0.05, 0.1) is 6.20 Å². The van der Waals surface area contributed by atoms with Crippen molar-refractivity contribution < 1.29 is 0 Å². The molecule has 0 amide bonds. The van der Waals surface area contributed by atoms with E-state index in [0.29, 0.717) is 16.1 Å². The van der Waals surface area contributed by atoms with Crippen molar-refractivity contribution in [1.29, 1.82) is 0 Å². The lowest BCUT2D eigenvalue weighted by Crippen LogP contribution is -1.97. The third kappa shape index (κ3) is 2.59. The van der Waals surface area contributed by atoms with Gasteiger partial charge in [0.2, 0.25) is 0 Å². The van der Waals surface area contributed by atoms with Gasteiger partial charge in [-0.1, -0.05) is 24.1 Å². The van der Waals surface area contributed by atoms with E-state index in [2.05, 4.69) is 37.7 Å². The Morgan fingerprint density at radius 2 is 1.88 bits per heavy atom. The monoisotopic (exact) mass is 273 g/mol. The van der Waals surface area contributed by atoms with Crippen LogP contribution in [0.15, 0.2) is 41.1 Å². The van der Waals surface area contributed by atoms with Gasteiger partial charge in [-0.3, -0.25) is 0 Å². The van der Waals surface area contributed by atoms with E-state index in [1.165, 1.54) is 0 Å². The van der Waals surface area contributed by atoms with Crippen LogP contribution in [0.3, 0.4) is 0 Å². The van der Waals surface area contributed by atoms with Crippen LogP contribution in [0.4, 0.5) is 5.82 Å². The van der Waals surface area contributed by atoms with Crippen LogP contribution in [0.2, 0.25) is 0 Å². The number of benzene rings is 1. The van der Waals surface area contributed by atoms with Crippen LogP contribution in [0.5, 0.6) is 0 Å². The number of rotatable bonds is 0. The molecule has 0 atom stereocenters. The summed E-state index contributed by atoms with van der Waals surface area (Å²) in [6, 6.07) is 9.65. The fourth-order valence-electron chi connectivity index (χ4n) is 1.12. The molecule has 0 fully saturated rings. The molecule has 0 aliphatic carbocycles. The average Bonchev–Trinajstić information content (AvgIpc) is 2.32. The van der Waals surface area contributed by atoms with E-state index in [1.54, 1.807) is 6.20 Å². The fraction of sp³-hybridized carbons (Fsp3) is 0. The van der Waals surface area contributed by atoms with Crippen LogP contribution >= 0.6 is 15.9 Å². The summed E-state index contributed by atoms with van der Waals surface area (Å²) in [5.74, 6) is 6.21. The smallest absolute Gasteiger partial charge is 0.158 e. The topological polar surface area (TPSA) is 51.8 Å². The van der Waals surface area contributed by atoms with Gasteiger partial charge in [-0.25, -0.2) is 9.97 Å². The third-order valence-electron chi connectivity index (χ3n) is 1.87. The molecule has 4 heteroatoms. The van der Waals surface area contributed by atoms with Crippen LogP contribution in [0.25, 0.3) is 0 Å². The zero-order valence-electron chi connectivity index (χ0n) is 8.31. The zero-order valence-corrected chi connectivity index (χ0v) is 9.90. The molecule has 3 nitrogen and oxygen atoms in total. The predicted octanol–water partition coefficient (Wildman–Crippen LogP) is 2.22. The molecule has 2 rings (SSSR count). The van der Waals surface area contributed by atoms with E-state index >= 15 is 0 Å². The third-order valence-corrected chi connectivity index (χ3v) is 2.25. The highest BCUT2D eigenvalue weighted by Gasteiger charge is 1.98. The molecule has 1 aromatic carbocycles. The highest BCUT2D eigenvalue weighted by atomic mass is 79.9. The molecule has 0 unspecified atom stereocenters. The molecule has 1 aromatic heterocycles. The van der Waals surface area contributed by atoms with Gasteiger partial charge in [0.15, 0.2) is 11.5 Å². The Morgan fingerprint density at radius 3 is 2.62 bits per heavy atom. The lowest BCUT2D eigenvalue weighted by Gasteiger charge is -1.95. The molecule has 0 aliphatic heterocycles. The van der Waals surface area contributed by atoms with E-state index in [0.717, 1.165) is 5.56 Å². The van der Waals surface area contributed by atoms with Crippen LogP contribution in [-0.2, 0) is 0 Å². The Kier molecular flexibility index (Phi) is 3.18. The summed E-state index contributed by atoms with van der Waals surface area (Å²) in [5.41, 5.74) is 7.06. The van der Waals surface area contributed by atoms with E-state index in [-0.39, 0.29) is 0 Å². The number of halogens is 1. The molecule has 2 N–H and O–H groups in total. The molecule has 2 aromatic rings. The zero-order chi connectivity index (χ0) is 11.4. The van der Waals surface area contributed by atoms with Crippen molar-refractivity contribution in [1.82, 2.24) is 9.97 Å². The molecule has 1 heterocycles. The second-order valence-corrected chi connectivity index (χ2v) is 3.86. The van der Waals surface area contributed by atoms with Crippen molar-refractivity contribution in [2.24, 2.45) is 0 Å².